The van der Waals surface area contributed by atoms with Crippen LogP contribution in [0.5, 0.6) is 23.0 Å². The van der Waals surface area contributed by atoms with E-state index in [9.17, 15) is 0 Å². The van der Waals surface area contributed by atoms with Gasteiger partial charge in [0.25, 0.3) is 0 Å². The molecule has 4 rings (SSSR count). The van der Waals surface area contributed by atoms with Gasteiger partial charge in [-0.2, -0.15) is 0 Å². The molecule has 0 saturated heterocycles. The lowest BCUT2D eigenvalue weighted by molar-refractivity contribution is 0.415. The fourth-order valence-electron chi connectivity index (χ4n) is 4.41. The van der Waals surface area contributed by atoms with Crippen molar-refractivity contribution in [3.05, 3.63) is 97.1 Å². The lowest BCUT2D eigenvalue weighted by Crippen LogP contribution is -2.40. The molecule has 0 bridgehead atoms. The highest BCUT2D eigenvalue weighted by molar-refractivity contribution is 8.02. The highest BCUT2D eigenvalue weighted by Gasteiger charge is 2.55. The first-order valence-corrected chi connectivity index (χ1v) is 12.4. The molecular weight excluding hydrogens is 431 g/mol. The molecule has 0 radical (unpaired) electrons. The largest absolute Gasteiger partial charge is 0.493 e. The number of hydrogen-bond donors (Lipinski definition) is 0. The molecule has 0 aliphatic carbocycles. The Kier molecular flexibility index (Phi) is 6.86. The topological polar surface area (TPSA) is 36.9 Å². The Balaban J connectivity index is 2.30. The molecule has 0 aliphatic heterocycles. The molecule has 0 unspecified atom stereocenters. The molecule has 168 valence electrons. The summed E-state index contributed by atoms with van der Waals surface area (Å²) in [6.07, 6.45) is 0. The van der Waals surface area contributed by atoms with E-state index in [-0.39, 0.29) is 0 Å². The summed E-state index contributed by atoms with van der Waals surface area (Å²) < 4.78 is 23.8. The zero-order valence-corrected chi connectivity index (χ0v) is 20.2. The molecule has 0 spiro atoms. The van der Waals surface area contributed by atoms with E-state index in [4.69, 9.17) is 18.9 Å². The molecule has 5 heteroatoms. The molecular formula is C28H28O4P+. The predicted molar refractivity (Wildman–Crippen MR) is 137 cm³/mol. The van der Waals surface area contributed by atoms with E-state index in [2.05, 4.69) is 24.3 Å². The third kappa shape index (κ3) is 3.81. The average Bonchev–Trinajstić information content (AvgIpc) is 2.90. The molecule has 4 nitrogen and oxygen atoms in total. The van der Waals surface area contributed by atoms with Crippen molar-refractivity contribution in [1.82, 2.24) is 0 Å². The molecule has 0 atom stereocenters. The van der Waals surface area contributed by atoms with Crippen molar-refractivity contribution >= 4 is 28.5 Å². The Morgan fingerprint density at radius 2 is 0.576 bits per heavy atom. The van der Waals surface area contributed by atoms with Gasteiger partial charge in [0.2, 0.25) is 0 Å². The summed E-state index contributed by atoms with van der Waals surface area (Å²) in [5.74, 6) is 3.20. The minimum atomic E-state index is -2.62. The highest BCUT2D eigenvalue weighted by Crippen LogP contribution is 2.60. The van der Waals surface area contributed by atoms with Gasteiger partial charge in [0.05, 0.1) is 28.4 Å². The summed E-state index contributed by atoms with van der Waals surface area (Å²) in [4.78, 5) is 0. The van der Waals surface area contributed by atoms with Gasteiger partial charge in [-0.3, -0.25) is 0 Å². The number of benzene rings is 4. The molecule has 0 amide bonds. The third-order valence-electron chi connectivity index (χ3n) is 5.79. The maximum absolute atomic E-state index is 5.94. The second-order valence-electron chi connectivity index (χ2n) is 7.36. The average molecular weight is 460 g/mol. The molecule has 0 saturated carbocycles. The number of methoxy groups -OCH3 is 4. The van der Waals surface area contributed by atoms with E-state index < -0.39 is 7.26 Å². The minimum Gasteiger partial charge on any atom is -0.493 e. The van der Waals surface area contributed by atoms with Crippen molar-refractivity contribution in [1.29, 1.82) is 0 Å². The van der Waals surface area contributed by atoms with Gasteiger partial charge in [0, 0.05) is 0 Å². The van der Waals surface area contributed by atoms with Crippen LogP contribution in [-0.4, -0.2) is 28.4 Å². The fraction of sp³-hybridized carbons (Fsp3) is 0.143. The highest BCUT2D eigenvalue weighted by atomic mass is 31.2. The van der Waals surface area contributed by atoms with Gasteiger partial charge in [-0.15, -0.1) is 0 Å². The van der Waals surface area contributed by atoms with Crippen LogP contribution in [0.4, 0.5) is 0 Å². The maximum atomic E-state index is 5.94. The van der Waals surface area contributed by atoms with Crippen molar-refractivity contribution in [3.63, 3.8) is 0 Å². The molecule has 0 heterocycles. The quantitative estimate of drug-likeness (QED) is 0.368. The Morgan fingerprint density at radius 1 is 0.364 bits per heavy atom. The SMILES string of the molecule is COc1ccccc1[P+](c1ccccc1OC)(c1ccccc1OC)c1ccccc1OC. The van der Waals surface area contributed by atoms with Gasteiger partial charge in [-0.1, -0.05) is 48.5 Å². The van der Waals surface area contributed by atoms with E-state index in [0.29, 0.717) is 0 Å². The van der Waals surface area contributed by atoms with E-state index >= 15 is 0 Å². The standard InChI is InChI=1S/C28H28O4P/c1-29-21-13-5-9-17-25(21)33(26-18-10-6-14-22(26)30-2,27-19-11-7-15-23(27)31-3)28-20-12-8-16-24(28)32-4/h5-20H,1-4H3/q+1. The van der Waals surface area contributed by atoms with Gasteiger partial charge in [-0.05, 0) is 48.5 Å². The van der Waals surface area contributed by atoms with Crippen molar-refractivity contribution in [2.45, 2.75) is 0 Å². The first-order chi connectivity index (χ1) is 16.2. The third-order valence-corrected chi connectivity index (χ3v) is 10.2. The van der Waals surface area contributed by atoms with Crippen molar-refractivity contribution < 1.29 is 18.9 Å². The molecule has 4 aromatic rings. The van der Waals surface area contributed by atoms with Gasteiger partial charge in [0.1, 0.15) is 0 Å². The van der Waals surface area contributed by atoms with Crippen LogP contribution in [-0.2, 0) is 0 Å². The predicted octanol–water partition coefficient (Wildman–Crippen LogP) is 4.34. The summed E-state index contributed by atoms with van der Waals surface area (Å²) in [5, 5.41) is 4.24. The Bertz CT molecular complexity index is 1040. The van der Waals surface area contributed by atoms with E-state index in [1.54, 1.807) is 28.4 Å². The fourth-order valence-corrected chi connectivity index (χ4v) is 9.19. The van der Waals surface area contributed by atoms with Crippen molar-refractivity contribution in [2.75, 3.05) is 28.4 Å². The Labute approximate surface area is 196 Å². The monoisotopic (exact) mass is 459 g/mol. The summed E-state index contributed by atoms with van der Waals surface area (Å²) in [6.45, 7) is 0. The second kappa shape index (κ2) is 9.97. The number of hydrogen-bond acceptors (Lipinski definition) is 4. The Hall–Kier alpha value is -3.49. The minimum absolute atomic E-state index is 0.800. The van der Waals surface area contributed by atoms with Gasteiger partial charge >= 0.3 is 0 Å². The van der Waals surface area contributed by atoms with Crippen LogP contribution in [0.2, 0.25) is 0 Å². The van der Waals surface area contributed by atoms with Gasteiger partial charge in [-0.25, -0.2) is 0 Å². The summed E-state index contributed by atoms with van der Waals surface area (Å²) in [7, 11) is 4.21. The Morgan fingerprint density at radius 3 is 0.788 bits per heavy atom. The summed E-state index contributed by atoms with van der Waals surface area (Å²) in [5.41, 5.74) is 0. The van der Waals surface area contributed by atoms with E-state index in [1.807, 2.05) is 72.8 Å². The molecule has 0 aliphatic rings. The second-order valence-corrected chi connectivity index (χ2v) is 10.6. The van der Waals surface area contributed by atoms with Crippen LogP contribution in [0.3, 0.4) is 0 Å². The number of ether oxygens (including phenoxy) is 4. The number of rotatable bonds is 8. The van der Waals surface area contributed by atoms with Crippen LogP contribution in [0.25, 0.3) is 0 Å². The van der Waals surface area contributed by atoms with Crippen LogP contribution in [0.15, 0.2) is 97.1 Å². The first kappa shape index (κ1) is 22.7. The van der Waals surface area contributed by atoms with Gasteiger partial charge < -0.3 is 18.9 Å². The van der Waals surface area contributed by atoms with Crippen LogP contribution >= 0.6 is 7.26 Å². The molecule has 33 heavy (non-hydrogen) atoms. The smallest absolute Gasteiger partial charge is 0.162 e. The lowest BCUT2D eigenvalue weighted by Gasteiger charge is -2.31. The first-order valence-electron chi connectivity index (χ1n) is 10.7. The van der Waals surface area contributed by atoms with Gasteiger partial charge in [0.15, 0.2) is 51.5 Å². The number of para-hydroxylation sites is 4. The van der Waals surface area contributed by atoms with Crippen molar-refractivity contribution in [2.24, 2.45) is 0 Å². The van der Waals surface area contributed by atoms with E-state index in [1.165, 1.54) is 0 Å². The van der Waals surface area contributed by atoms with Crippen LogP contribution in [0, 0.1) is 0 Å². The zero-order chi connectivity index (χ0) is 23.3. The normalized spacial score (nSPS) is 11.0. The summed E-state index contributed by atoms with van der Waals surface area (Å²) >= 11 is 0. The molecule has 0 N–H and O–H groups in total. The maximum Gasteiger partial charge on any atom is 0.162 e. The summed E-state index contributed by atoms with van der Waals surface area (Å²) in [6, 6.07) is 32.7. The van der Waals surface area contributed by atoms with Crippen LogP contribution < -0.4 is 40.2 Å². The lowest BCUT2D eigenvalue weighted by atomic mass is 10.3. The molecule has 0 fully saturated rings. The van der Waals surface area contributed by atoms with Crippen molar-refractivity contribution in [3.8, 4) is 23.0 Å². The zero-order valence-electron chi connectivity index (χ0n) is 19.3. The van der Waals surface area contributed by atoms with Crippen LogP contribution in [0.1, 0.15) is 0 Å². The van der Waals surface area contributed by atoms with E-state index in [0.717, 1.165) is 44.2 Å². The molecule has 0 aromatic heterocycles. The molecule has 4 aromatic carbocycles.